The van der Waals surface area contributed by atoms with Gasteiger partial charge in [0.2, 0.25) is 0 Å². The van der Waals surface area contributed by atoms with Crippen molar-refractivity contribution in [1.29, 1.82) is 0 Å². The lowest BCUT2D eigenvalue weighted by molar-refractivity contribution is 0.101. The maximum absolute atomic E-state index is 13.0. The number of halogens is 1. The van der Waals surface area contributed by atoms with Crippen molar-refractivity contribution >= 4 is 16.7 Å². The Labute approximate surface area is 133 Å². The largest absolute Gasteiger partial charge is 0.505 e. The zero-order valence-corrected chi connectivity index (χ0v) is 12.9. The molecule has 0 saturated carbocycles. The van der Waals surface area contributed by atoms with Crippen molar-refractivity contribution in [3.8, 4) is 5.75 Å². The summed E-state index contributed by atoms with van der Waals surface area (Å²) in [6.45, 7) is 3.24. The molecule has 1 aromatic heterocycles. The van der Waals surface area contributed by atoms with Gasteiger partial charge < -0.3 is 5.11 Å². The molecule has 0 aliphatic rings. The summed E-state index contributed by atoms with van der Waals surface area (Å²) in [5, 5.41) is 10.8. The molecule has 0 saturated heterocycles. The Morgan fingerprint density at radius 3 is 2.52 bits per heavy atom. The van der Waals surface area contributed by atoms with Gasteiger partial charge in [-0.3, -0.25) is 9.78 Å². The number of carbonyl (C=O) groups excluding carboxylic acids is 1. The van der Waals surface area contributed by atoms with Gasteiger partial charge in [0.15, 0.2) is 5.78 Å². The molecule has 3 nitrogen and oxygen atoms in total. The van der Waals surface area contributed by atoms with Crippen LogP contribution < -0.4 is 0 Å². The summed E-state index contributed by atoms with van der Waals surface area (Å²) in [5.74, 6) is -0.248. The van der Waals surface area contributed by atoms with E-state index >= 15 is 0 Å². The van der Waals surface area contributed by atoms with E-state index in [-0.39, 0.29) is 17.3 Å². The Bertz CT molecular complexity index is 901. The first kappa shape index (κ1) is 15.2. The summed E-state index contributed by atoms with van der Waals surface area (Å²) in [5.41, 5.74) is 3.45. The average Bonchev–Trinajstić information content (AvgIpc) is 2.53. The standard InChI is InChI=1S/C19H16FNO2/c1-11-7-16(12(2)22)17-9-14(10-21-18(17)19(11)23)8-13-3-5-15(20)6-4-13/h3-7,9-10,23H,8H2,1-2H3. The van der Waals surface area contributed by atoms with E-state index in [0.29, 0.717) is 28.5 Å². The lowest BCUT2D eigenvalue weighted by Gasteiger charge is -2.10. The van der Waals surface area contributed by atoms with E-state index in [4.69, 9.17) is 0 Å². The van der Waals surface area contributed by atoms with E-state index in [1.807, 2.05) is 6.07 Å². The Kier molecular flexibility index (Phi) is 3.82. The number of hydrogen-bond donors (Lipinski definition) is 1. The number of aryl methyl sites for hydroxylation is 1. The van der Waals surface area contributed by atoms with E-state index in [1.165, 1.54) is 19.1 Å². The number of Topliss-reactive ketones (excluding diaryl/α,β-unsaturated/α-hetero) is 1. The van der Waals surface area contributed by atoms with E-state index in [2.05, 4.69) is 4.98 Å². The topological polar surface area (TPSA) is 50.2 Å². The molecule has 116 valence electrons. The molecular formula is C19H16FNO2. The van der Waals surface area contributed by atoms with Crippen LogP contribution in [0.25, 0.3) is 10.9 Å². The molecule has 0 aliphatic heterocycles. The van der Waals surface area contributed by atoms with Crippen LogP contribution in [0.4, 0.5) is 4.39 Å². The average molecular weight is 309 g/mol. The van der Waals surface area contributed by atoms with E-state index in [0.717, 1.165) is 11.1 Å². The number of fused-ring (bicyclic) bond motifs is 1. The van der Waals surface area contributed by atoms with Crippen molar-refractivity contribution in [3.05, 3.63) is 70.7 Å². The molecule has 0 aliphatic carbocycles. The number of aromatic hydroxyl groups is 1. The molecule has 2 aromatic carbocycles. The Balaban J connectivity index is 2.10. The number of hydrogen-bond acceptors (Lipinski definition) is 3. The van der Waals surface area contributed by atoms with Crippen molar-refractivity contribution in [3.63, 3.8) is 0 Å². The number of benzene rings is 2. The van der Waals surface area contributed by atoms with E-state index < -0.39 is 0 Å². The van der Waals surface area contributed by atoms with Crippen molar-refractivity contribution in [2.75, 3.05) is 0 Å². The molecule has 1 N–H and O–H groups in total. The molecular weight excluding hydrogens is 293 g/mol. The summed E-state index contributed by atoms with van der Waals surface area (Å²) in [6, 6.07) is 9.82. The predicted octanol–water partition coefficient (Wildman–Crippen LogP) is 4.18. The van der Waals surface area contributed by atoms with Gasteiger partial charge in [0.1, 0.15) is 17.1 Å². The quantitative estimate of drug-likeness (QED) is 0.738. The van der Waals surface area contributed by atoms with Gasteiger partial charge in [0.25, 0.3) is 0 Å². The van der Waals surface area contributed by atoms with Crippen molar-refractivity contribution in [2.45, 2.75) is 20.3 Å². The highest BCUT2D eigenvalue weighted by molar-refractivity contribution is 6.08. The minimum absolute atomic E-state index is 0.0705. The fourth-order valence-corrected chi connectivity index (χ4v) is 2.68. The third kappa shape index (κ3) is 2.93. The molecule has 1 heterocycles. The Hall–Kier alpha value is -2.75. The maximum Gasteiger partial charge on any atom is 0.160 e. The predicted molar refractivity (Wildman–Crippen MR) is 87.4 cm³/mol. The van der Waals surface area contributed by atoms with Gasteiger partial charge in [-0.1, -0.05) is 12.1 Å². The van der Waals surface area contributed by atoms with Crippen LogP contribution in [0.5, 0.6) is 5.75 Å². The minimum atomic E-state index is -0.273. The molecule has 0 amide bonds. The summed E-state index contributed by atoms with van der Waals surface area (Å²) < 4.78 is 13.0. The van der Waals surface area contributed by atoms with Crippen LogP contribution in [0.1, 0.15) is 34.0 Å². The second-order valence-corrected chi connectivity index (χ2v) is 5.69. The number of aromatic nitrogens is 1. The number of ketones is 1. The first-order valence-corrected chi connectivity index (χ1v) is 7.32. The first-order valence-electron chi connectivity index (χ1n) is 7.32. The number of carbonyl (C=O) groups is 1. The summed E-state index contributed by atoms with van der Waals surface area (Å²) in [6.07, 6.45) is 2.25. The number of nitrogens with zero attached hydrogens (tertiary/aromatic N) is 1. The van der Waals surface area contributed by atoms with Crippen LogP contribution in [0.3, 0.4) is 0 Å². The van der Waals surface area contributed by atoms with E-state index in [1.54, 1.807) is 31.3 Å². The number of rotatable bonds is 3. The summed E-state index contributed by atoms with van der Waals surface area (Å²) in [4.78, 5) is 16.2. The zero-order chi connectivity index (χ0) is 16.6. The van der Waals surface area contributed by atoms with Crippen LogP contribution in [-0.4, -0.2) is 15.9 Å². The van der Waals surface area contributed by atoms with Gasteiger partial charge in [-0.2, -0.15) is 0 Å². The van der Waals surface area contributed by atoms with E-state index in [9.17, 15) is 14.3 Å². The van der Waals surface area contributed by atoms with Crippen molar-refractivity contribution < 1.29 is 14.3 Å². The summed E-state index contributed by atoms with van der Waals surface area (Å²) >= 11 is 0. The Morgan fingerprint density at radius 2 is 1.87 bits per heavy atom. The van der Waals surface area contributed by atoms with Gasteiger partial charge in [0, 0.05) is 17.1 Å². The fourth-order valence-electron chi connectivity index (χ4n) is 2.68. The van der Waals surface area contributed by atoms with Crippen LogP contribution in [0.15, 0.2) is 42.6 Å². The molecule has 0 spiro atoms. The lowest BCUT2D eigenvalue weighted by atomic mass is 9.98. The zero-order valence-electron chi connectivity index (χ0n) is 12.9. The number of phenols is 1. The SMILES string of the molecule is CC(=O)c1cc(C)c(O)c2ncc(Cc3ccc(F)cc3)cc12. The molecule has 0 fully saturated rings. The third-order valence-corrected chi connectivity index (χ3v) is 3.89. The van der Waals surface area contributed by atoms with Gasteiger partial charge in [0.05, 0.1) is 0 Å². The van der Waals surface area contributed by atoms with Crippen LogP contribution in [0, 0.1) is 12.7 Å². The Morgan fingerprint density at radius 1 is 1.17 bits per heavy atom. The van der Waals surface area contributed by atoms with Crippen molar-refractivity contribution in [2.24, 2.45) is 0 Å². The number of pyridine rings is 1. The second-order valence-electron chi connectivity index (χ2n) is 5.69. The molecule has 3 aromatic rings. The maximum atomic E-state index is 13.0. The number of phenolic OH excluding ortho intramolecular Hbond substituents is 1. The molecule has 0 radical (unpaired) electrons. The highest BCUT2D eigenvalue weighted by atomic mass is 19.1. The first-order chi connectivity index (χ1) is 11.0. The highest BCUT2D eigenvalue weighted by Gasteiger charge is 2.14. The molecule has 0 unspecified atom stereocenters. The van der Waals surface area contributed by atoms with Gasteiger partial charge >= 0.3 is 0 Å². The van der Waals surface area contributed by atoms with Crippen LogP contribution in [-0.2, 0) is 6.42 Å². The molecule has 0 bridgehead atoms. The fraction of sp³-hybridized carbons (Fsp3) is 0.158. The molecule has 4 heteroatoms. The van der Waals surface area contributed by atoms with Crippen LogP contribution in [0.2, 0.25) is 0 Å². The molecule has 3 rings (SSSR count). The van der Waals surface area contributed by atoms with Gasteiger partial charge in [-0.15, -0.1) is 0 Å². The second kappa shape index (κ2) is 5.80. The van der Waals surface area contributed by atoms with Gasteiger partial charge in [-0.25, -0.2) is 4.39 Å². The minimum Gasteiger partial charge on any atom is -0.505 e. The monoisotopic (exact) mass is 309 g/mol. The van der Waals surface area contributed by atoms with Crippen LogP contribution >= 0.6 is 0 Å². The normalized spacial score (nSPS) is 10.9. The smallest absolute Gasteiger partial charge is 0.160 e. The lowest BCUT2D eigenvalue weighted by Crippen LogP contribution is -1.99. The third-order valence-electron chi connectivity index (χ3n) is 3.89. The summed E-state index contributed by atoms with van der Waals surface area (Å²) in [7, 11) is 0. The highest BCUT2D eigenvalue weighted by Crippen LogP contribution is 2.31. The van der Waals surface area contributed by atoms with Gasteiger partial charge in [-0.05, 0) is 61.2 Å². The molecule has 0 atom stereocenters. The molecule has 23 heavy (non-hydrogen) atoms. The van der Waals surface area contributed by atoms with Crippen molar-refractivity contribution in [1.82, 2.24) is 4.98 Å².